The molecular weight excluding hydrogens is 639 g/mol. The van der Waals surface area contributed by atoms with Gasteiger partial charge in [-0.1, -0.05) is 11.2 Å². The number of pyridine rings is 1. The molecule has 0 aromatic carbocycles. The number of anilines is 3. The molecule has 1 saturated heterocycles. The van der Waals surface area contributed by atoms with Crippen molar-refractivity contribution >= 4 is 39.0 Å². The lowest BCUT2D eigenvalue weighted by atomic mass is 9.63. The fraction of sp³-hybridized carbons (Fsp3) is 0.486. The number of likely N-dealkylation sites (N-methyl/N-ethyl adjacent to an activating group) is 2. The van der Waals surface area contributed by atoms with E-state index in [1.807, 2.05) is 23.9 Å². The first kappa shape index (κ1) is 30.3. The second-order valence-electron chi connectivity index (χ2n) is 14.0. The van der Waals surface area contributed by atoms with Crippen LogP contribution < -0.4 is 21.1 Å². The number of hydrogen-bond donors (Lipinski definition) is 2. The van der Waals surface area contributed by atoms with Gasteiger partial charge in [0.15, 0.2) is 22.9 Å². The second-order valence-corrected chi connectivity index (χ2v) is 15.2. The standard InChI is InChI=1S/C35H39N11O2S/c1-18(22-10-7-15-44(22)2)46-33-25-32(45(3)23(17-47-34(25)42-46)19-9-6-14-39-29(19)37)40-31(41-33)27-20-8-4-12-35(28(20)48-43-27)13-5-11-24-26(35)21(16-36)30(38)49-24/h6,9,14,18,22-23H,4-5,7-8,10-13,15,17,38H2,1-3H3,(H2,37,39)/t18-,22-,23-,35-/m0/s1. The van der Waals surface area contributed by atoms with E-state index in [0.29, 0.717) is 57.9 Å². The number of aromatic nitrogens is 6. The van der Waals surface area contributed by atoms with Crippen LogP contribution in [0.25, 0.3) is 22.6 Å². The van der Waals surface area contributed by atoms with E-state index in [2.05, 4.69) is 34.8 Å². The maximum Gasteiger partial charge on any atom is 0.246 e. The first-order valence-corrected chi connectivity index (χ1v) is 18.0. The molecule has 0 radical (unpaired) electrons. The van der Waals surface area contributed by atoms with Gasteiger partial charge < -0.3 is 30.5 Å². The molecule has 7 heterocycles. The maximum atomic E-state index is 10.2. The predicted molar refractivity (Wildman–Crippen MR) is 187 cm³/mol. The topological polar surface area (TPSA) is 174 Å². The van der Waals surface area contributed by atoms with Crippen LogP contribution in [0.15, 0.2) is 22.9 Å². The lowest BCUT2D eigenvalue weighted by molar-refractivity contribution is 0.225. The van der Waals surface area contributed by atoms with Crippen molar-refractivity contribution in [1.29, 1.82) is 5.26 Å². The van der Waals surface area contributed by atoms with Gasteiger partial charge in [-0.25, -0.2) is 19.6 Å². The highest BCUT2D eigenvalue weighted by molar-refractivity contribution is 7.16. The fourth-order valence-corrected chi connectivity index (χ4v) is 10.2. The number of fused-ring (bicyclic) bond motifs is 4. The van der Waals surface area contributed by atoms with Gasteiger partial charge in [-0.15, -0.1) is 16.4 Å². The minimum absolute atomic E-state index is 0.0426. The van der Waals surface area contributed by atoms with Gasteiger partial charge in [0.1, 0.15) is 34.7 Å². The molecule has 1 fully saturated rings. The predicted octanol–water partition coefficient (Wildman–Crippen LogP) is 5.16. The minimum Gasteiger partial charge on any atom is -0.473 e. The summed E-state index contributed by atoms with van der Waals surface area (Å²) in [5.41, 5.74) is 17.2. The van der Waals surface area contributed by atoms with Gasteiger partial charge in [-0.2, -0.15) is 5.26 Å². The first-order chi connectivity index (χ1) is 23.8. The Labute approximate surface area is 287 Å². The van der Waals surface area contributed by atoms with Gasteiger partial charge in [0, 0.05) is 35.3 Å². The zero-order valence-corrected chi connectivity index (χ0v) is 28.8. The zero-order valence-electron chi connectivity index (χ0n) is 27.9. The Kier molecular flexibility index (Phi) is 6.90. The molecule has 4 aliphatic rings. The minimum atomic E-state index is -0.439. The van der Waals surface area contributed by atoms with Gasteiger partial charge in [-0.05, 0) is 83.5 Å². The molecule has 0 amide bonds. The van der Waals surface area contributed by atoms with Crippen LogP contribution in [0.2, 0.25) is 0 Å². The smallest absolute Gasteiger partial charge is 0.246 e. The summed E-state index contributed by atoms with van der Waals surface area (Å²) in [7, 11) is 4.18. The number of likely N-dealkylation sites (tertiary alicyclic amines) is 1. The van der Waals surface area contributed by atoms with Crippen molar-refractivity contribution in [3.05, 3.63) is 51.2 Å². The first-order valence-electron chi connectivity index (χ1n) is 17.2. The molecule has 0 unspecified atom stereocenters. The second kappa shape index (κ2) is 11.1. The quantitative estimate of drug-likeness (QED) is 0.256. The highest BCUT2D eigenvalue weighted by Gasteiger charge is 2.49. The average Bonchev–Trinajstić information content (AvgIpc) is 3.88. The molecule has 0 bridgehead atoms. The Morgan fingerprint density at radius 2 is 1.98 bits per heavy atom. The van der Waals surface area contributed by atoms with E-state index in [0.717, 1.165) is 85.7 Å². The molecule has 14 heteroatoms. The van der Waals surface area contributed by atoms with E-state index in [1.165, 1.54) is 4.88 Å². The molecule has 2 aliphatic carbocycles. The van der Waals surface area contributed by atoms with Crippen molar-refractivity contribution < 1.29 is 9.26 Å². The molecule has 5 aromatic rings. The molecule has 252 valence electrons. The summed E-state index contributed by atoms with van der Waals surface area (Å²) in [4.78, 5) is 20.5. The van der Waals surface area contributed by atoms with E-state index >= 15 is 0 Å². The average molecular weight is 678 g/mol. The molecule has 2 aliphatic heterocycles. The van der Waals surface area contributed by atoms with Crippen LogP contribution in [0.3, 0.4) is 0 Å². The molecule has 0 saturated carbocycles. The number of hydrogen-bond acceptors (Lipinski definition) is 13. The van der Waals surface area contributed by atoms with E-state index in [4.69, 9.17) is 41.0 Å². The van der Waals surface area contributed by atoms with E-state index in [-0.39, 0.29) is 12.1 Å². The van der Waals surface area contributed by atoms with Crippen LogP contribution in [0, 0.1) is 11.3 Å². The van der Waals surface area contributed by atoms with Gasteiger partial charge >= 0.3 is 0 Å². The van der Waals surface area contributed by atoms with Crippen LogP contribution >= 0.6 is 11.3 Å². The molecule has 4 N–H and O–H groups in total. The lowest BCUT2D eigenvalue weighted by Crippen LogP contribution is -2.35. The summed E-state index contributed by atoms with van der Waals surface area (Å²) in [5.74, 6) is 2.96. The van der Waals surface area contributed by atoms with Crippen LogP contribution in [-0.2, 0) is 18.3 Å². The third-order valence-electron chi connectivity index (χ3n) is 11.5. The summed E-state index contributed by atoms with van der Waals surface area (Å²) in [6, 6.07) is 6.38. The van der Waals surface area contributed by atoms with E-state index < -0.39 is 5.41 Å². The lowest BCUT2D eigenvalue weighted by Gasteiger charge is -2.39. The molecule has 4 atom stereocenters. The van der Waals surface area contributed by atoms with Gasteiger partial charge in [0.05, 0.1) is 23.1 Å². The number of thiophene rings is 1. The Hall–Kier alpha value is -4.74. The monoisotopic (exact) mass is 677 g/mol. The number of aryl methyl sites for hydroxylation is 1. The highest BCUT2D eigenvalue weighted by atomic mass is 32.1. The Morgan fingerprint density at radius 3 is 2.76 bits per heavy atom. The van der Waals surface area contributed by atoms with Crippen molar-refractivity contribution in [1.82, 2.24) is 34.8 Å². The van der Waals surface area contributed by atoms with Crippen molar-refractivity contribution in [2.45, 2.75) is 81.8 Å². The van der Waals surface area contributed by atoms with Gasteiger partial charge in [-0.3, -0.25) is 0 Å². The van der Waals surface area contributed by atoms with Crippen LogP contribution in [0.4, 0.5) is 16.6 Å². The fourth-order valence-electron chi connectivity index (χ4n) is 9.09. The largest absolute Gasteiger partial charge is 0.473 e. The Balaban J connectivity index is 1.24. The number of nitriles is 1. The third-order valence-corrected chi connectivity index (χ3v) is 12.6. The SMILES string of the molecule is C[C@@H]([C@@H]1CCCN1C)n1nc2c3c(nc(-c4noc5c4CCC[C@@]54CCCc5sc(N)c(C#N)c54)nc31)N(C)[C@H](c1cccnc1N)CO2. The normalized spacial score (nSPS) is 24.0. The molecule has 9 rings (SSSR count). The van der Waals surface area contributed by atoms with Gasteiger partial charge in [0.25, 0.3) is 0 Å². The summed E-state index contributed by atoms with van der Waals surface area (Å²) >= 11 is 1.54. The van der Waals surface area contributed by atoms with Crippen LogP contribution in [0.1, 0.15) is 90.4 Å². The summed E-state index contributed by atoms with van der Waals surface area (Å²) in [6.07, 6.45) is 9.32. The summed E-state index contributed by atoms with van der Waals surface area (Å²) < 4.78 is 14.9. The molecule has 5 aromatic heterocycles. The van der Waals surface area contributed by atoms with Crippen molar-refractivity contribution in [2.75, 3.05) is 43.6 Å². The summed E-state index contributed by atoms with van der Waals surface area (Å²) in [6.45, 7) is 3.58. The Morgan fingerprint density at radius 1 is 1.14 bits per heavy atom. The van der Waals surface area contributed by atoms with Crippen LogP contribution in [-0.4, -0.2) is 68.1 Å². The van der Waals surface area contributed by atoms with E-state index in [1.54, 1.807) is 17.5 Å². The molecule has 13 nitrogen and oxygen atoms in total. The zero-order chi connectivity index (χ0) is 33.6. The number of nitrogen functional groups attached to an aromatic ring is 2. The maximum absolute atomic E-state index is 10.2. The Bertz CT molecular complexity index is 2160. The van der Waals surface area contributed by atoms with Crippen molar-refractivity contribution in [3.63, 3.8) is 0 Å². The van der Waals surface area contributed by atoms with Gasteiger partial charge in [0.2, 0.25) is 5.88 Å². The van der Waals surface area contributed by atoms with Crippen molar-refractivity contribution in [2.24, 2.45) is 0 Å². The number of ether oxygens (including phenoxy) is 1. The number of nitrogens with two attached hydrogens (primary N) is 2. The molecule has 1 spiro atoms. The van der Waals surface area contributed by atoms with E-state index in [9.17, 15) is 5.26 Å². The van der Waals surface area contributed by atoms with Crippen molar-refractivity contribution in [3.8, 4) is 23.5 Å². The summed E-state index contributed by atoms with van der Waals surface area (Å²) in [5, 5.41) is 21.3. The highest BCUT2D eigenvalue weighted by Crippen LogP contribution is 2.55. The third kappa shape index (κ3) is 4.34. The number of nitrogens with zero attached hydrogens (tertiary/aromatic N) is 9. The molecule has 49 heavy (non-hydrogen) atoms. The number of rotatable bonds is 4. The van der Waals surface area contributed by atoms with Crippen LogP contribution in [0.5, 0.6) is 5.88 Å². The molecular formula is C35H39N11O2S.